The number of benzene rings is 1. The molecule has 0 saturated carbocycles. The van der Waals surface area contributed by atoms with Gasteiger partial charge in [-0.25, -0.2) is 13.2 Å². The average Bonchev–Trinajstić information content (AvgIpc) is 2.40. The van der Waals surface area contributed by atoms with Gasteiger partial charge in [0, 0.05) is 31.7 Å². The Morgan fingerprint density at radius 2 is 1.89 bits per heavy atom. The van der Waals surface area contributed by atoms with E-state index < -0.39 is 24.4 Å². The van der Waals surface area contributed by atoms with Crippen LogP contribution in [0.2, 0.25) is 0 Å². The molecule has 1 fully saturated rings. The molecule has 0 radical (unpaired) electrons. The summed E-state index contributed by atoms with van der Waals surface area (Å²) in [6.45, 7) is 1.77. The summed E-state index contributed by atoms with van der Waals surface area (Å²) in [6, 6.07) is 1.60. The maximum atomic E-state index is 14.0. The van der Waals surface area contributed by atoms with E-state index in [0.717, 1.165) is 6.07 Å². The Morgan fingerprint density at radius 3 is 2.47 bits per heavy atom. The fourth-order valence-corrected chi connectivity index (χ4v) is 2.55. The molecule has 1 aliphatic rings. The second-order valence-corrected chi connectivity index (χ2v) is 5.07. The zero-order valence-corrected chi connectivity index (χ0v) is 12.5. The SMILES string of the molecule is Cl.FC[C@H](c1c(F)ccc(Br)c1F)N1CCNCC1. The van der Waals surface area contributed by atoms with Gasteiger partial charge in [0.1, 0.15) is 18.3 Å². The number of hydrogen-bond acceptors (Lipinski definition) is 2. The number of nitrogens with one attached hydrogen (secondary N) is 1. The van der Waals surface area contributed by atoms with Crippen molar-refractivity contribution in [2.24, 2.45) is 0 Å². The van der Waals surface area contributed by atoms with Crippen molar-refractivity contribution in [2.45, 2.75) is 6.04 Å². The summed E-state index contributed by atoms with van der Waals surface area (Å²) >= 11 is 3.01. The summed E-state index contributed by atoms with van der Waals surface area (Å²) in [5, 5.41) is 3.12. The fourth-order valence-electron chi connectivity index (χ4n) is 2.20. The molecule has 7 heteroatoms. The van der Waals surface area contributed by atoms with E-state index in [9.17, 15) is 13.2 Å². The number of nitrogens with zero attached hydrogens (tertiary/aromatic N) is 1. The molecule has 0 amide bonds. The first-order chi connectivity index (χ1) is 8.65. The molecule has 0 aromatic heterocycles. The van der Waals surface area contributed by atoms with Crippen LogP contribution in [0, 0.1) is 11.6 Å². The van der Waals surface area contributed by atoms with Crippen LogP contribution in [0.25, 0.3) is 0 Å². The van der Waals surface area contributed by atoms with E-state index >= 15 is 0 Å². The number of halogens is 5. The van der Waals surface area contributed by atoms with Crippen LogP contribution in [0.5, 0.6) is 0 Å². The lowest BCUT2D eigenvalue weighted by atomic mass is 10.0. The van der Waals surface area contributed by atoms with E-state index in [2.05, 4.69) is 21.2 Å². The largest absolute Gasteiger partial charge is 0.314 e. The number of hydrogen-bond donors (Lipinski definition) is 1. The van der Waals surface area contributed by atoms with Crippen LogP contribution >= 0.6 is 28.3 Å². The van der Waals surface area contributed by atoms with E-state index in [1.165, 1.54) is 6.07 Å². The van der Waals surface area contributed by atoms with E-state index in [0.29, 0.717) is 26.2 Å². The molecule has 1 heterocycles. The van der Waals surface area contributed by atoms with Crippen molar-refractivity contribution in [2.75, 3.05) is 32.9 Å². The highest BCUT2D eigenvalue weighted by molar-refractivity contribution is 9.10. The van der Waals surface area contributed by atoms with Crippen LogP contribution in [-0.4, -0.2) is 37.8 Å². The third kappa shape index (κ3) is 3.62. The van der Waals surface area contributed by atoms with Gasteiger partial charge in [-0.15, -0.1) is 12.4 Å². The molecule has 0 bridgehead atoms. The molecule has 1 aliphatic heterocycles. The third-order valence-corrected chi connectivity index (χ3v) is 3.76. The van der Waals surface area contributed by atoms with Crippen molar-refractivity contribution in [3.8, 4) is 0 Å². The van der Waals surface area contributed by atoms with Gasteiger partial charge >= 0.3 is 0 Å². The quantitative estimate of drug-likeness (QED) is 0.835. The first-order valence-electron chi connectivity index (χ1n) is 5.79. The van der Waals surface area contributed by atoms with Crippen LogP contribution < -0.4 is 5.32 Å². The predicted octanol–water partition coefficient (Wildman–Crippen LogP) is 3.06. The fraction of sp³-hybridized carbons (Fsp3) is 0.500. The van der Waals surface area contributed by atoms with Gasteiger partial charge in [-0.05, 0) is 28.1 Å². The summed E-state index contributed by atoms with van der Waals surface area (Å²) in [6.07, 6.45) is 0. The summed E-state index contributed by atoms with van der Waals surface area (Å²) in [5.41, 5.74) is -0.186. The van der Waals surface area contributed by atoms with Crippen molar-refractivity contribution in [1.29, 1.82) is 0 Å². The second-order valence-electron chi connectivity index (χ2n) is 4.21. The normalized spacial score (nSPS) is 17.9. The molecular formula is C12H15BrClF3N2. The molecular weight excluding hydrogens is 344 g/mol. The Balaban J connectivity index is 0.00000180. The average molecular weight is 360 g/mol. The zero-order valence-electron chi connectivity index (χ0n) is 10.1. The highest BCUT2D eigenvalue weighted by Crippen LogP contribution is 2.30. The first-order valence-corrected chi connectivity index (χ1v) is 6.58. The van der Waals surface area contributed by atoms with Gasteiger partial charge in [0.05, 0.1) is 10.5 Å². The van der Waals surface area contributed by atoms with Crippen molar-refractivity contribution in [1.82, 2.24) is 10.2 Å². The van der Waals surface area contributed by atoms with Crippen molar-refractivity contribution < 1.29 is 13.2 Å². The topological polar surface area (TPSA) is 15.3 Å². The van der Waals surface area contributed by atoms with E-state index in [-0.39, 0.29) is 22.4 Å². The van der Waals surface area contributed by atoms with Gasteiger partial charge in [0.25, 0.3) is 0 Å². The predicted molar refractivity (Wildman–Crippen MR) is 74.5 cm³/mol. The molecule has 19 heavy (non-hydrogen) atoms. The minimum Gasteiger partial charge on any atom is -0.314 e. The minimum absolute atomic E-state index is 0. The lowest BCUT2D eigenvalue weighted by molar-refractivity contribution is 0.141. The van der Waals surface area contributed by atoms with Gasteiger partial charge in [-0.1, -0.05) is 0 Å². The Hall–Kier alpha value is -0.300. The summed E-state index contributed by atoms with van der Waals surface area (Å²) in [4.78, 5) is 1.77. The number of piperazine rings is 1. The summed E-state index contributed by atoms with van der Waals surface area (Å²) in [7, 11) is 0. The minimum atomic E-state index is -0.857. The maximum Gasteiger partial charge on any atom is 0.145 e. The number of rotatable bonds is 3. The Labute approximate surface area is 124 Å². The lowest BCUT2D eigenvalue weighted by Gasteiger charge is -2.34. The van der Waals surface area contributed by atoms with Crippen molar-refractivity contribution >= 4 is 28.3 Å². The maximum absolute atomic E-state index is 14.0. The molecule has 0 spiro atoms. The second kappa shape index (κ2) is 7.47. The van der Waals surface area contributed by atoms with Gasteiger partial charge in [-0.3, -0.25) is 4.90 Å². The van der Waals surface area contributed by atoms with E-state index in [1.807, 2.05) is 0 Å². The standard InChI is InChI=1S/C12H14BrF3N2.ClH/c13-8-1-2-9(15)11(12(8)16)10(7-14)18-5-3-17-4-6-18;/h1-2,10,17H,3-7H2;1H/t10-;/m1./s1. The molecule has 2 rings (SSSR count). The van der Waals surface area contributed by atoms with Gasteiger partial charge < -0.3 is 5.32 Å². The Morgan fingerprint density at radius 1 is 1.26 bits per heavy atom. The molecule has 108 valence electrons. The highest BCUT2D eigenvalue weighted by atomic mass is 79.9. The smallest absolute Gasteiger partial charge is 0.145 e. The molecule has 0 aliphatic carbocycles. The van der Waals surface area contributed by atoms with Crippen LogP contribution in [0.4, 0.5) is 13.2 Å². The van der Waals surface area contributed by atoms with Crippen LogP contribution in [0.3, 0.4) is 0 Å². The Kier molecular flexibility index (Phi) is 6.59. The van der Waals surface area contributed by atoms with Crippen molar-refractivity contribution in [3.05, 3.63) is 33.8 Å². The Bertz CT molecular complexity index is 428. The van der Waals surface area contributed by atoms with Crippen LogP contribution in [-0.2, 0) is 0 Å². The molecule has 1 aromatic rings. The van der Waals surface area contributed by atoms with Crippen LogP contribution in [0.15, 0.2) is 16.6 Å². The van der Waals surface area contributed by atoms with Gasteiger partial charge in [0.2, 0.25) is 0 Å². The van der Waals surface area contributed by atoms with Gasteiger partial charge in [0.15, 0.2) is 0 Å². The zero-order chi connectivity index (χ0) is 13.1. The summed E-state index contributed by atoms with van der Waals surface area (Å²) < 4.78 is 41.1. The third-order valence-electron chi connectivity index (χ3n) is 3.15. The lowest BCUT2D eigenvalue weighted by Crippen LogP contribution is -2.46. The van der Waals surface area contributed by atoms with E-state index in [4.69, 9.17) is 0 Å². The van der Waals surface area contributed by atoms with Crippen molar-refractivity contribution in [3.63, 3.8) is 0 Å². The molecule has 1 saturated heterocycles. The van der Waals surface area contributed by atoms with Crippen LogP contribution in [0.1, 0.15) is 11.6 Å². The molecule has 1 N–H and O–H groups in total. The number of alkyl halides is 1. The monoisotopic (exact) mass is 358 g/mol. The molecule has 1 aromatic carbocycles. The first kappa shape index (κ1) is 16.8. The molecule has 2 nitrogen and oxygen atoms in total. The molecule has 0 unspecified atom stereocenters. The van der Waals surface area contributed by atoms with E-state index in [1.54, 1.807) is 4.90 Å². The highest BCUT2D eigenvalue weighted by Gasteiger charge is 2.28. The van der Waals surface area contributed by atoms with Gasteiger partial charge in [-0.2, -0.15) is 0 Å². The molecule has 1 atom stereocenters. The summed E-state index contributed by atoms with van der Waals surface area (Å²) in [5.74, 6) is -1.41.